The molecular formula is Cl2O2W. The van der Waals surface area contributed by atoms with Crippen LogP contribution in [-0.4, -0.2) is 0 Å². The third kappa shape index (κ3) is 37.3. The monoisotopic (exact) mass is 286 g/mol. The average Bonchev–Trinajstić information content (AvgIpc) is 0. The fourth-order valence-electron chi connectivity index (χ4n) is 0. The minimum Gasteiger partial charge on any atom is -2.00 e. The fraction of sp³-hybridized carbons (Fsp3) is 0. The molecule has 0 aliphatic carbocycles. The molecule has 0 aromatic carbocycles. The Bertz CT molecular complexity index is 7.61. The van der Waals surface area contributed by atoms with E-state index in [9.17, 15) is 0 Å². The van der Waals surface area contributed by atoms with E-state index in [2.05, 4.69) is 0 Å². The van der Waals surface area contributed by atoms with Crippen LogP contribution in [0.1, 0.15) is 0 Å². The summed E-state index contributed by atoms with van der Waals surface area (Å²) in [7, 11) is 0. The predicted octanol–water partition coefficient (Wildman–Crippen LogP) is -6.23. The standard InChI is InChI=1S/2ClH.2O.W/h2*1H;;;/q;;2*-2;+6/p-2. The van der Waals surface area contributed by atoms with Gasteiger partial charge in [0.25, 0.3) is 0 Å². The Morgan fingerprint density at radius 3 is 0.600 bits per heavy atom. The van der Waals surface area contributed by atoms with Crippen molar-refractivity contribution in [2.24, 2.45) is 0 Å². The van der Waals surface area contributed by atoms with E-state index in [1.165, 1.54) is 0 Å². The van der Waals surface area contributed by atoms with Crippen LogP contribution in [0.25, 0.3) is 0 Å². The van der Waals surface area contributed by atoms with Crippen molar-refractivity contribution in [3.63, 3.8) is 0 Å². The SMILES string of the molecule is [Cl-].[Cl-].[O-2].[O-2].[W+6]. The summed E-state index contributed by atoms with van der Waals surface area (Å²) in [5, 5.41) is 0. The van der Waals surface area contributed by atoms with Gasteiger partial charge in [-0.15, -0.1) is 0 Å². The van der Waals surface area contributed by atoms with Crippen LogP contribution in [0.2, 0.25) is 0 Å². The first-order valence-corrected chi connectivity index (χ1v) is 0. The van der Waals surface area contributed by atoms with Gasteiger partial charge >= 0.3 is 21.1 Å². The van der Waals surface area contributed by atoms with Crippen LogP contribution in [-0.2, 0) is 32.0 Å². The maximum Gasteiger partial charge on any atom is 6.00 e. The molecule has 0 fully saturated rings. The second-order valence-electron chi connectivity index (χ2n) is 0. The predicted molar refractivity (Wildman–Crippen MR) is 1.37 cm³/mol. The molecule has 0 aliphatic heterocycles. The van der Waals surface area contributed by atoms with Gasteiger partial charge in [-0.05, 0) is 0 Å². The summed E-state index contributed by atoms with van der Waals surface area (Å²) in [5.41, 5.74) is 0. The van der Waals surface area contributed by atoms with Gasteiger partial charge in [-0.1, -0.05) is 0 Å². The van der Waals surface area contributed by atoms with E-state index < -0.39 is 0 Å². The second-order valence-corrected chi connectivity index (χ2v) is 0. The van der Waals surface area contributed by atoms with E-state index in [1.54, 1.807) is 0 Å². The molecule has 0 radical (unpaired) electrons. The molecular weight excluding hydrogens is 287 g/mol. The maximum absolute atomic E-state index is 0. The van der Waals surface area contributed by atoms with Gasteiger partial charge in [-0.2, -0.15) is 0 Å². The van der Waals surface area contributed by atoms with E-state index in [0.717, 1.165) is 0 Å². The molecule has 0 unspecified atom stereocenters. The van der Waals surface area contributed by atoms with Crippen LogP contribution in [0.5, 0.6) is 0 Å². The zero-order valence-corrected chi connectivity index (χ0v) is 6.43. The second kappa shape index (κ2) is 64.5. The Morgan fingerprint density at radius 1 is 0.600 bits per heavy atom. The fourth-order valence-corrected chi connectivity index (χ4v) is 0. The molecule has 0 heterocycles. The van der Waals surface area contributed by atoms with Crippen LogP contribution in [0.3, 0.4) is 0 Å². The zero-order chi connectivity index (χ0) is 0. The maximum atomic E-state index is 0. The van der Waals surface area contributed by atoms with Crippen LogP contribution >= 0.6 is 0 Å². The van der Waals surface area contributed by atoms with E-state index in [1.807, 2.05) is 0 Å². The third-order valence-electron chi connectivity index (χ3n) is 0. The molecule has 5 heavy (non-hydrogen) atoms. The first-order valence-electron chi connectivity index (χ1n) is 0. The Morgan fingerprint density at radius 2 is 0.600 bits per heavy atom. The van der Waals surface area contributed by atoms with E-state index >= 15 is 0 Å². The topological polar surface area (TPSA) is 57.0 Å². The first-order chi connectivity index (χ1) is 0. The first kappa shape index (κ1) is 118. The van der Waals surface area contributed by atoms with Gasteiger partial charge in [-0.25, -0.2) is 0 Å². The summed E-state index contributed by atoms with van der Waals surface area (Å²) in [6.45, 7) is 0. The molecule has 0 atom stereocenters. The van der Waals surface area contributed by atoms with Crippen molar-refractivity contribution >= 4 is 0 Å². The number of halogens is 2. The average molecular weight is 287 g/mol. The molecule has 32 valence electrons. The van der Waals surface area contributed by atoms with Crippen LogP contribution in [0.15, 0.2) is 0 Å². The largest absolute Gasteiger partial charge is 6.00 e. The molecule has 0 amide bonds. The normalized spacial score (nSPS) is 0. The summed E-state index contributed by atoms with van der Waals surface area (Å²) in [6.07, 6.45) is 0. The third-order valence-corrected chi connectivity index (χ3v) is 0. The summed E-state index contributed by atoms with van der Waals surface area (Å²) >= 11 is 0. The van der Waals surface area contributed by atoms with Crippen LogP contribution in [0.4, 0.5) is 0 Å². The van der Waals surface area contributed by atoms with Crippen molar-refractivity contribution in [2.45, 2.75) is 0 Å². The number of hydrogen-bond donors (Lipinski definition) is 0. The van der Waals surface area contributed by atoms with Crippen molar-refractivity contribution in [3.8, 4) is 0 Å². The summed E-state index contributed by atoms with van der Waals surface area (Å²) < 4.78 is 0. The van der Waals surface area contributed by atoms with Gasteiger partial charge in [0.15, 0.2) is 0 Å². The van der Waals surface area contributed by atoms with Crippen LogP contribution < -0.4 is 24.8 Å². The van der Waals surface area contributed by atoms with E-state index in [4.69, 9.17) is 0 Å². The van der Waals surface area contributed by atoms with E-state index in [-0.39, 0.29) is 56.8 Å². The van der Waals surface area contributed by atoms with Gasteiger partial charge in [0.1, 0.15) is 0 Å². The zero-order valence-electron chi connectivity index (χ0n) is 1.98. The Kier molecular flexibility index (Phi) is 1520. The quantitative estimate of drug-likeness (QED) is 0.426. The van der Waals surface area contributed by atoms with Gasteiger partial charge in [-0.3, -0.25) is 0 Å². The molecule has 0 N–H and O–H groups in total. The smallest absolute Gasteiger partial charge is 2.00 e. The minimum absolute atomic E-state index is 0. The molecule has 0 aliphatic rings. The molecule has 0 saturated heterocycles. The number of hydrogen-bond acceptors (Lipinski definition) is 0. The van der Waals surface area contributed by atoms with Gasteiger partial charge in [0, 0.05) is 0 Å². The number of rotatable bonds is 0. The summed E-state index contributed by atoms with van der Waals surface area (Å²) in [5.74, 6) is 0. The van der Waals surface area contributed by atoms with Gasteiger partial charge in [0.05, 0.1) is 0 Å². The molecule has 2 nitrogen and oxygen atoms in total. The molecule has 0 bridgehead atoms. The Hall–Kier alpha value is 1.19. The van der Waals surface area contributed by atoms with Gasteiger partial charge < -0.3 is 35.8 Å². The summed E-state index contributed by atoms with van der Waals surface area (Å²) in [4.78, 5) is 0. The van der Waals surface area contributed by atoms with Crippen molar-refractivity contribution in [1.82, 2.24) is 0 Å². The summed E-state index contributed by atoms with van der Waals surface area (Å²) in [6, 6.07) is 0. The van der Waals surface area contributed by atoms with Crippen molar-refractivity contribution in [2.75, 3.05) is 0 Å². The molecule has 0 rings (SSSR count). The van der Waals surface area contributed by atoms with Crippen molar-refractivity contribution in [3.05, 3.63) is 0 Å². The molecule has 0 spiro atoms. The molecule has 0 aromatic heterocycles. The van der Waals surface area contributed by atoms with Crippen LogP contribution in [0, 0.1) is 0 Å². The van der Waals surface area contributed by atoms with Crippen molar-refractivity contribution in [1.29, 1.82) is 0 Å². The molecule has 5 heteroatoms. The minimum atomic E-state index is 0. The molecule has 0 aromatic rings. The molecule has 0 saturated carbocycles. The Labute approximate surface area is 57.0 Å². The van der Waals surface area contributed by atoms with E-state index in [0.29, 0.717) is 0 Å². The van der Waals surface area contributed by atoms with Gasteiger partial charge in [0.2, 0.25) is 0 Å². The Balaban J connectivity index is 0. The van der Waals surface area contributed by atoms with Crippen molar-refractivity contribution < 1.29 is 56.8 Å².